The number of aromatic amines is 1. The zero-order valence-electron chi connectivity index (χ0n) is 24.9. The van der Waals surface area contributed by atoms with Gasteiger partial charge >= 0.3 is 6.09 Å². The van der Waals surface area contributed by atoms with Crippen LogP contribution in [-0.2, 0) is 22.3 Å². The molecule has 0 radical (unpaired) electrons. The Morgan fingerprint density at radius 3 is 2.38 bits per heavy atom. The number of amides is 1. The first kappa shape index (κ1) is 26.7. The molecule has 6 heterocycles. The number of carbonyl (C=O) groups excluding carboxylic acids is 1. The fourth-order valence-corrected chi connectivity index (χ4v) is 7.72. The van der Waals surface area contributed by atoms with Crippen molar-refractivity contribution >= 4 is 22.9 Å². The number of aryl methyl sites for hydroxylation is 2. The molecule has 1 N–H and O–H groups in total. The molecule has 10 heteroatoms. The average molecular weight is 600 g/mol. The van der Waals surface area contributed by atoms with E-state index in [1.807, 2.05) is 30.5 Å². The number of hydrogen-bond donors (Lipinski definition) is 1. The third kappa shape index (κ3) is 4.59. The number of morpholine rings is 1. The van der Waals surface area contributed by atoms with Gasteiger partial charge in [0.1, 0.15) is 12.3 Å². The Labute approximate surface area is 260 Å². The molecule has 4 aliphatic rings. The van der Waals surface area contributed by atoms with Crippen molar-refractivity contribution in [2.24, 2.45) is 0 Å². The number of carbonyl (C=O) groups is 1. The summed E-state index contributed by atoms with van der Waals surface area (Å²) in [6.07, 6.45) is 10.7. The number of rotatable bonds is 5. The molecule has 9 rings (SSSR count). The molecule has 1 aliphatic carbocycles. The topological polar surface area (TPSA) is 109 Å². The molecule has 3 aliphatic heterocycles. The van der Waals surface area contributed by atoms with Gasteiger partial charge in [-0.05, 0) is 54.9 Å². The van der Waals surface area contributed by atoms with Gasteiger partial charge < -0.3 is 9.47 Å². The van der Waals surface area contributed by atoms with Crippen LogP contribution in [0.5, 0.6) is 0 Å². The molecule has 3 saturated heterocycles. The van der Waals surface area contributed by atoms with E-state index in [0.717, 1.165) is 53.8 Å². The first-order valence-electron chi connectivity index (χ1n) is 15.9. The minimum Gasteiger partial charge on any atom is -0.447 e. The summed E-state index contributed by atoms with van der Waals surface area (Å²) in [5.74, 6) is 0.502. The van der Waals surface area contributed by atoms with E-state index in [9.17, 15) is 4.79 Å². The van der Waals surface area contributed by atoms with Gasteiger partial charge in [-0.25, -0.2) is 14.8 Å². The number of hydrogen-bond acceptors (Lipinski definition) is 8. The zero-order chi connectivity index (χ0) is 29.9. The highest BCUT2D eigenvalue weighted by atomic mass is 16.6. The van der Waals surface area contributed by atoms with Crippen LogP contribution in [0.3, 0.4) is 0 Å². The molecule has 3 fully saturated rings. The molecular weight excluding hydrogens is 566 g/mol. The second-order valence-corrected chi connectivity index (χ2v) is 12.5. The number of nitrogens with zero attached hydrogens (tertiary/aromatic N) is 6. The monoisotopic (exact) mass is 599 g/mol. The van der Waals surface area contributed by atoms with Crippen molar-refractivity contribution in [1.82, 2.24) is 30.0 Å². The van der Waals surface area contributed by atoms with Gasteiger partial charge in [0.15, 0.2) is 11.5 Å². The van der Waals surface area contributed by atoms with E-state index in [1.54, 1.807) is 12.4 Å². The van der Waals surface area contributed by atoms with E-state index >= 15 is 0 Å². The van der Waals surface area contributed by atoms with Gasteiger partial charge in [0, 0.05) is 58.8 Å². The summed E-state index contributed by atoms with van der Waals surface area (Å²) in [5.41, 5.74) is 9.30. The normalized spacial score (nSPS) is 23.0. The van der Waals surface area contributed by atoms with Gasteiger partial charge in [-0.15, -0.1) is 0 Å². The van der Waals surface area contributed by atoms with Crippen molar-refractivity contribution in [2.75, 3.05) is 31.3 Å². The molecule has 1 amide bonds. The van der Waals surface area contributed by atoms with Crippen molar-refractivity contribution < 1.29 is 14.3 Å². The number of aromatic nitrogens is 5. The third-order valence-corrected chi connectivity index (χ3v) is 10.0. The van der Waals surface area contributed by atoms with Gasteiger partial charge in [0.05, 0.1) is 25.5 Å². The molecule has 2 bridgehead atoms. The quantitative estimate of drug-likeness (QED) is 0.267. The molecule has 3 aromatic heterocycles. The van der Waals surface area contributed by atoms with E-state index in [1.165, 1.54) is 40.9 Å². The summed E-state index contributed by atoms with van der Waals surface area (Å²) in [7, 11) is 0. The van der Waals surface area contributed by atoms with Crippen molar-refractivity contribution in [3.05, 3.63) is 78.2 Å². The second kappa shape index (κ2) is 10.7. The summed E-state index contributed by atoms with van der Waals surface area (Å²) >= 11 is 0. The third-order valence-electron chi connectivity index (χ3n) is 10.0. The molecule has 2 aromatic carbocycles. The number of ether oxygens (including phenoxy) is 2. The first-order valence-corrected chi connectivity index (χ1v) is 15.9. The standard InChI is InChI=1S/C35H33N7O3/c43-35-41(13-14-45-35)34-32(36-11-12-37-34)23-4-2-22(3-5-23)31-30-16-26(18-38-33(30)40-39-31)25-6-1-21-7-9-27(10-8-24(21)15-25)42-28-17-29(42)20-44-19-28/h1-6,11-12,15-16,18,27-29H,7-10,13-14,17,19-20H2,(H,38,39,40)/t27-,28?,29?/m0/s1. The Balaban J connectivity index is 0.981. The Hall–Kier alpha value is -4.67. The van der Waals surface area contributed by atoms with Crippen molar-refractivity contribution in [3.63, 3.8) is 0 Å². The molecule has 3 atom stereocenters. The number of cyclic esters (lactones) is 1. The summed E-state index contributed by atoms with van der Waals surface area (Å²) < 4.78 is 10.9. The smallest absolute Gasteiger partial charge is 0.415 e. The molecule has 226 valence electrons. The predicted molar refractivity (Wildman–Crippen MR) is 170 cm³/mol. The lowest BCUT2D eigenvalue weighted by molar-refractivity contribution is -0.148. The van der Waals surface area contributed by atoms with Gasteiger partial charge in [0.25, 0.3) is 0 Å². The fourth-order valence-electron chi connectivity index (χ4n) is 7.72. The summed E-state index contributed by atoms with van der Waals surface area (Å²) in [5, 5.41) is 8.68. The van der Waals surface area contributed by atoms with Crippen LogP contribution in [0.1, 0.15) is 30.4 Å². The summed E-state index contributed by atoms with van der Waals surface area (Å²) in [4.78, 5) is 30.2. The van der Waals surface area contributed by atoms with E-state index in [4.69, 9.17) is 14.5 Å². The Kier molecular flexibility index (Phi) is 6.38. The van der Waals surface area contributed by atoms with Crippen molar-refractivity contribution in [2.45, 2.75) is 50.2 Å². The number of anilines is 1. The molecule has 2 unspecified atom stereocenters. The average Bonchev–Trinajstić information content (AvgIpc) is 3.66. The predicted octanol–water partition coefficient (Wildman–Crippen LogP) is 5.43. The SMILES string of the molecule is O=C1OCCN1c1nccnc1-c1ccc(-c2[nH]nc3ncc(-c4ccc5c(c4)CC[C@@H](N4C6COCC4C6)CC5)cc23)cc1. The minimum absolute atomic E-state index is 0.346. The molecule has 45 heavy (non-hydrogen) atoms. The van der Waals surface area contributed by atoms with Crippen LogP contribution in [0, 0.1) is 0 Å². The van der Waals surface area contributed by atoms with Crippen LogP contribution in [-0.4, -0.2) is 80.6 Å². The largest absolute Gasteiger partial charge is 0.447 e. The first-order chi connectivity index (χ1) is 22.2. The minimum atomic E-state index is -0.399. The maximum absolute atomic E-state index is 12.2. The van der Waals surface area contributed by atoms with Crippen LogP contribution < -0.4 is 4.90 Å². The molecule has 5 aromatic rings. The van der Waals surface area contributed by atoms with E-state index in [0.29, 0.717) is 48.4 Å². The van der Waals surface area contributed by atoms with Crippen molar-refractivity contribution in [3.8, 4) is 33.6 Å². The lowest BCUT2D eigenvalue weighted by Crippen LogP contribution is -2.66. The highest BCUT2D eigenvalue weighted by Crippen LogP contribution is 2.38. The zero-order valence-corrected chi connectivity index (χ0v) is 24.9. The number of pyridine rings is 1. The van der Waals surface area contributed by atoms with Gasteiger partial charge in [-0.1, -0.05) is 42.5 Å². The Morgan fingerprint density at radius 2 is 1.58 bits per heavy atom. The van der Waals surface area contributed by atoms with Crippen LogP contribution in [0.15, 0.2) is 67.1 Å². The van der Waals surface area contributed by atoms with E-state index < -0.39 is 6.09 Å². The molecular formula is C35H33N7O3. The summed E-state index contributed by atoms with van der Waals surface area (Å²) in [6, 6.07) is 19.1. The number of H-pyrrole nitrogens is 1. The summed E-state index contributed by atoms with van der Waals surface area (Å²) in [6.45, 7) is 2.61. The van der Waals surface area contributed by atoms with Gasteiger partial charge in [-0.2, -0.15) is 5.10 Å². The molecule has 0 saturated carbocycles. The van der Waals surface area contributed by atoms with Crippen LogP contribution >= 0.6 is 0 Å². The number of benzene rings is 2. The lowest BCUT2D eigenvalue weighted by atomic mass is 9.87. The maximum Gasteiger partial charge on any atom is 0.415 e. The second-order valence-electron chi connectivity index (χ2n) is 12.5. The van der Waals surface area contributed by atoms with Crippen LogP contribution in [0.4, 0.5) is 10.6 Å². The van der Waals surface area contributed by atoms with Crippen molar-refractivity contribution in [1.29, 1.82) is 0 Å². The van der Waals surface area contributed by atoms with Crippen LogP contribution in [0.25, 0.3) is 44.7 Å². The van der Waals surface area contributed by atoms with Gasteiger partial charge in [0.2, 0.25) is 0 Å². The molecule has 0 spiro atoms. The highest BCUT2D eigenvalue weighted by Gasteiger charge is 2.45. The number of fused-ring (bicyclic) bond motifs is 4. The lowest BCUT2D eigenvalue weighted by Gasteiger charge is -2.56. The van der Waals surface area contributed by atoms with Crippen LogP contribution in [0.2, 0.25) is 0 Å². The molecule has 10 nitrogen and oxygen atoms in total. The Morgan fingerprint density at radius 1 is 0.800 bits per heavy atom. The Bertz CT molecular complexity index is 1910. The fraction of sp³-hybridized carbons (Fsp3) is 0.343. The number of nitrogens with one attached hydrogen (secondary N) is 1. The maximum atomic E-state index is 12.2. The van der Waals surface area contributed by atoms with E-state index in [2.05, 4.69) is 49.3 Å². The van der Waals surface area contributed by atoms with E-state index in [-0.39, 0.29) is 0 Å². The van der Waals surface area contributed by atoms with Gasteiger partial charge in [-0.3, -0.25) is 19.9 Å². The highest BCUT2D eigenvalue weighted by molar-refractivity contribution is 5.95.